The number of benzene rings is 2. The van der Waals surface area contributed by atoms with E-state index in [4.69, 9.17) is 21.2 Å². The van der Waals surface area contributed by atoms with Crippen molar-refractivity contribution in [2.75, 3.05) is 13.7 Å². The van der Waals surface area contributed by atoms with Crippen LogP contribution in [-0.4, -0.2) is 65.1 Å². The van der Waals surface area contributed by atoms with Gasteiger partial charge in [-0.2, -0.15) is 0 Å². The van der Waals surface area contributed by atoms with Gasteiger partial charge in [0.1, 0.15) is 11.5 Å². The number of carbonyl (C=O) groups is 5. The van der Waals surface area contributed by atoms with Crippen LogP contribution in [0, 0.1) is 23.2 Å². The van der Waals surface area contributed by atoms with Crippen molar-refractivity contribution >= 4 is 46.5 Å². The highest BCUT2D eigenvalue weighted by Crippen LogP contribution is 2.43. The van der Waals surface area contributed by atoms with E-state index >= 15 is 0 Å². The Morgan fingerprint density at radius 1 is 1.04 bits per heavy atom. The summed E-state index contributed by atoms with van der Waals surface area (Å²) in [7, 11) is 1.56. The molecule has 2 amide bonds. The zero-order chi connectivity index (χ0) is 39.9. The minimum absolute atomic E-state index is 0.0726. The molecule has 0 unspecified atom stereocenters. The first-order chi connectivity index (χ1) is 26.1. The molecule has 1 saturated heterocycles. The Hall–Kier alpha value is -4.05. The summed E-state index contributed by atoms with van der Waals surface area (Å²) in [5.41, 5.74) is 0.686. The normalized spacial score (nSPS) is 21.7. The maximum atomic E-state index is 14.8. The first kappa shape index (κ1) is 42.1. The topological polar surface area (TPSA) is 131 Å². The molecule has 3 aliphatic rings. The third kappa shape index (κ3) is 10.6. The molecular formula is C44H58ClN3O7. The van der Waals surface area contributed by atoms with E-state index in [1.54, 1.807) is 43.2 Å². The molecule has 1 spiro atoms. The molecule has 5 atom stereocenters. The van der Waals surface area contributed by atoms with E-state index < -0.39 is 46.6 Å². The van der Waals surface area contributed by atoms with Gasteiger partial charge in [0.2, 0.25) is 11.7 Å². The van der Waals surface area contributed by atoms with Crippen LogP contribution in [0.4, 0.5) is 0 Å². The fourth-order valence-corrected chi connectivity index (χ4v) is 8.68. The second-order valence-electron chi connectivity index (χ2n) is 17.0. The number of hydrogen-bond donors (Lipinski definition) is 1. The average Bonchev–Trinajstić information content (AvgIpc) is 3.76. The quantitative estimate of drug-likeness (QED) is 0.170. The lowest BCUT2D eigenvalue weighted by atomic mass is 9.75. The smallest absolute Gasteiger partial charge is 0.288 e. The highest BCUT2D eigenvalue weighted by atomic mass is 35.5. The molecule has 1 saturated carbocycles. The Morgan fingerprint density at radius 3 is 2.44 bits per heavy atom. The van der Waals surface area contributed by atoms with Gasteiger partial charge in [0.05, 0.1) is 31.4 Å². The van der Waals surface area contributed by atoms with Crippen molar-refractivity contribution in [1.29, 1.82) is 0 Å². The molecule has 11 heteroatoms. The Labute approximate surface area is 331 Å². The summed E-state index contributed by atoms with van der Waals surface area (Å²) < 4.78 is 5.31. The van der Waals surface area contributed by atoms with Crippen molar-refractivity contribution < 1.29 is 33.5 Å². The van der Waals surface area contributed by atoms with Gasteiger partial charge in [0.15, 0.2) is 11.4 Å². The van der Waals surface area contributed by atoms with Crippen LogP contribution in [-0.2, 0) is 28.8 Å². The number of amides is 2. The van der Waals surface area contributed by atoms with Crippen LogP contribution in [0.5, 0.6) is 5.75 Å². The maximum absolute atomic E-state index is 14.8. The highest BCUT2D eigenvalue weighted by molar-refractivity contribution is 6.37. The summed E-state index contributed by atoms with van der Waals surface area (Å²) in [5, 5.41) is 7.78. The molecule has 10 nitrogen and oxygen atoms in total. The van der Waals surface area contributed by atoms with E-state index in [1.807, 2.05) is 52.0 Å². The zero-order valence-electron chi connectivity index (χ0n) is 33.3. The predicted molar refractivity (Wildman–Crippen MR) is 213 cm³/mol. The van der Waals surface area contributed by atoms with Crippen molar-refractivity contribution in [1.82, 2.24) is 10.2 Å². The third-order valence-corrected chi connectivity index (χ3v) is 11.9. The van der Waals surface area contributed by atoms with E-state index in [0.717, 1.165) is 36.8 Å². The molecule has 0 radical (unpaired) electrons. The number of oxime groups is 1. The Kier molecular flexibility index (Phi) is 14.0. The van der Waals surface area contributed by atoms with Crippen LogP contribution in [0.3, 0.4) is 0 Å². The number of halogens is 1. The number of carbonyl (C=O) groups excluding carboxylic acids is 5. The van der Waals surface area contributed by atoms with Crippen molar-refractivity contribution in [2.24, 2.45) is 28.3 Å². The molecule has 2 aliphatic heterocycles. The van der Waals surface area contributed by atoms with Crippen LogP contribution < -0.4 is 10.1 Å². The molecule has 0 bridgehead atoms. The standard InChI is InChI=1S/C44H58ClN3O7/c1-7-13-32(40(51)41(52)46-28(2)30-16-12-19-35(22-30)54-6)23-39(50)38-26-44(25-37(47-55-44)31-17-11-18-33(45)21-31)27-48(38)42(53)36(43(3,4)5)24-34(49)20-29-14-9-8-10-15-29/h11-12,16-19,21-22,28-29,32,36,38H,7-10,13-15,20,23-27H2,1-6H3,(H,46,52)/t28-,32-,36-,38+,44-/m1/s1. The van der Waals surface area contributed by atoms with Crippen LogP contribution >= 0.6 is 11.6 Å². The Bertz CT molecular complexity index is 1760. The lowest BCUT2D eigenvalue weighted by Crippen LogP contribution is -2.48. The third-order valence-electron chi connectivity index (χ3n) is 11.7. The second kappa shape index (κ2) is 18.3. The van der Waals surface area contributed by atoms with Gasteiger partial charge in [-0.15, -0.1) is 0 Å². The fraction of sp³-hybridized carbons (Fsp3) is 0.591. The average molecular weight is 776 g/mol. The number of methoxy groups -OCH3 is 1. The summed E-state index contributed by atoms with van der Waals surface area (Å²) in [5.74, 6) is -2.51. The van der Waals surface area contributed by atoms with Crippen molar-refractivity contribution in [3.8, 4) is 5.75 Å². The summed E-state index contributed by atoms with van der Waals surface area (Å²) in [6.07, 6.45) is 7.30. The van der Waals surface area contributed by atoms with E-state index in [-0.39, 0.29) is 43.3 Å². The summed E-state index contributed by atoms with van der Waals surface area (Å²) in [6, 6.07) is 13.1. The molecule has 1 N–H and O–H groups in total. The van der Waals surface area contributed by atoms with Gasteiger partial charge in [-0.25, -0.2) is 0 Å². The predicted octanol–water partition coefficient (Wildman–Crippen LogP) is 8.23. The van der Waals surface area contributed by atoms with Crippen molar-refractivity contribution in [3.63, 3.8) is 0 Å². The van der Waals surface area contributed by atoms with Gasteiger partial charge in [-0.1, -0.05) is 107 Å². The summed E-state index contributed by atoms with van der Waals surface area (Å²) >= 11 is 6.30. The van der Waals surface area contributed by atoms with Crippen molar-refractivity contribution in [2.45, 2.75) is 129 Å². The van der Waals surface area contributed by atoms with E-state index in [2.05, 4.69) is 10.5 Å². The van der Waals surface area contributed by atoms with Crippen LogP contribution in [0.25, 0.3) is 0 Å². The van der Waals surface area contributed by atoms with Crippen LogP contribution in [0.2, 0.25) is 5.02 Å². The van der Waals surface area contributed by atoms with E-state index in [9.17, 15) is 24.0 Å². The monoisotopic (exact) mass is 775 g/mol. The van der Waals surface area contributed by atoms with Crippen LogP contribution in [0.1, 0.15) is 129 Å². The van der Waals surface area contributed by atoms with Crippen LogP contribution in [0.15, 0.2) is 53.7 Å². The SMILES string of the molecule is CCC[C@H](CC(=O)[C@@H]1C[C@]2(CC(c3cccc(Cl)c3)=NO2)CN1C(=O)[C@@H](CC(=O)CC1CCCCC1)C(C)(C)C)C(=O)C(=O)N[C@H](C)c1cccc(OC)c1. The minimum Gasteiger partial charge on any atom is -0.497 e. The second-order valence-corrected chi connectivity index (χ2v) is 17.5. The summed E-state index contributed by atoms with van der Waals surface area (Å²) in [6.45, 7) is 9.67. The van der Waals surface area contributed by atoms with Crippen molar-refractivity contribution in [3.05, 3.63) is 64.7 Å². The fourth-order valence-electron chi connectivity index (χ4n) is 8.49. The Morgan fingerprint density at radius 2 is 1.76 bits per heavy atom. The zero-order valence-corrected chi connectivity index (χ0v) is 34.1. The molecule has 2 aromatic rings. The molecule has 2 fully saturated rings. The van der Waals surface area contributed by atoms with Gasteiger partial charge in [-0.3, -0.25) is 24.0 Å². The van der Waals surface area contributed by atoms with Gasteiger partial charge in [0, 0.05) is 54.5 Å². The lowest BCUT2D eigenvalue weighted by molar-refractivity contribution is -0.147. The van der Waals surface area contributed by atoms with Gasteiger partial charge in [-0.05, 0) is 54.5 Å². The number of nitrogens with zero attached hydrogens (tertiary/aromatic N) is 2. The summed E-state index contributed by atoms with van der Waals surface area (Å²) in [4.78, 5) is 77.7. The van der Waals surface area contributed by atoms with Gasteiger partial charge < -0.3 is 19.8 Å². The van der Waals surface area contributed by atoms with Gasteiger partial charge >= 0.3 is 0 Å². The molecule has 298 valence electrons. The number of Topliss-reactive ketones (excluding diaryl/α,β-unsaturated/α-hetero) is 3. The molecule has 2 heterocycles. The molecular weight excluding hydrogens is 718 g/mol. The minimum atomic E-state index is -0.976. The molecule has 55 heavy (non-hydrogen) atoms. The van der Waals surface area contributed by atoms with E-state index in [0.29, 0.717) is 48.1 Å². The molecule has 2 aromatic carbocycles. The first-order valence-corrected chi connectivity index (χ1v) is 20.4. The number of rotatable bonds is 16. The number of likely N-dealkylation sites (tertiary alicyclic amines) is 1. The number of ether oxygens (including phenoxy) is 1. The Balaban J connectivity index is 1.37. The first-order valence-electron chi connectivity index (χ1n) is 20.0. The molecule has 5 rings (SSSR count). The molecule has 1 aliphatic carbocycles. The number of ketones is 3. The number of hydrogen-bond acceptors (Lipinski definition) is 8. The van der Waals surface area contributed by atoms with E-state index in [1.165, 1.54) is 6.42 Å². The molecule has 0 aromatic heterocycles. The number of nitrogens with one attached hydrogen (secondary N) is 1. The maximum Gasteiger partial charge on any atom is 0.288 e. The van der Waals surface area contributed by atoms with Gasteiger partial charge in [0.25, 0.3) is 5.91 Å². The largest absolute Gasteiger partial charge is 0.497 e. The highest BCUT2D eigenvalue weighted by Gasteiger charge is 2.55. The lowest BCUT2D eigenvalue weighted by Gasteiger charge is -2.35.